The number of piperidine rings is 1. The number of carbonyl (C=O) groups is 1. The third-order valence-corrected chi connectivity index (χ3v) is 4.79. The van der Waals surface area contributed by atoms with Crippen molar-refractivity contribution in [2.75, 3.05) is 13.1 Å². The van der Waals surface area contributed by atoms with E-state index in [1.807, 2.05) is 41.8 Å². The van der Waals surface area contributed by atoms with Gasteiger partial charge in [0.15, 0.2) is 5.69 Å². The number of carbonyl (C=O) groups excluding carboxylic acids is 1. The Morgan fingerprint density at radius 2 is 1.96 bits per heavy atom. The number of benzene rings is 1. The minimum absolute atomic E-state index is 0.0700. The Bertz CT molecular complexity index is 956. The highest BCUT2D eigenvalue weighted by molar-refractivity contribution is 5.94. The van der Waals surface area contributed by atoms with Gasteiger partial charge in [-0.1, -0.05) is 27.6 Å². The quantitative estimate of drug-likeness (QED) is 0.708. The monoisotopic (exact) mass is 366 g/mol. The largest absolute Gasteiger partial charge is 0.339 e. The van der Waals surface area contributed by atoms with Crippen LogP contribution in [0.25, 0.3) is 11.5 Å². The van der Waals surface area contributed by atoms with E-state index in [9.17, 15) is 4.79 Å². The fourth-order valence-electron chi connectivity index (χ4n) is 3.60. The van der Waals surface area contributed by atoms with Gasteiger partial charge in [-0.3, -0.25) is 4.79 Å². The first kappa shape index (κ1) is 17.4. The maximum atomic E-state index is 13.0. The zero-order valence-electron chi connectivity index (χ0n) is 15.7. The molecule has 1 atom stereocenters. The standard InChI is InChI=1S/C19H22N6O2/c1-12-7-13(2)9-15(8-12)19(26)24-6-4-5-16(10-24)25-11-17(21-23-25)18-20-14(3)27-22-18/h7-9,11,16H,4-6,10H2,1-3H3/t16-/m0/s1. The van der Waals surface area contributed by atoms with Crippen molar-refractivity contribution in [1.29, 1.82) is 0 Å². The van der Waals surface area contributed by atoms with Crippen LogP contribution >= 0.6 is 0 Å². The summed E-state index contributed by atoms with van der Waals surface area (Å²) in [5, 5.41) is 12.3. The van der Waals surface area contributed by atoms with Gasteiger partial charge >= 0.3 is 0 Å². The summed E-state index contributed by atoms with van der Waals surface area (Å²) < 4.78 is 6.81. The molecule has 8 nitrogen and oxygen atoms in total. The summed E-state index contributed by atoms with van der Waals surface area (Å²) in [5.74, 6) is 0.987. The van der Waals surface area contributed by atoms with Crippen molar-refractivity contribution in [3.63, 3.8) is 0 Å². The summed E-state index contributed by atoms with van der Waals surface area (Å²) >= 11 is 0. The molecule has 0 unspecified atom stereocenters. The second-order valence-corrected chi connectivity index (χ2v) is 7.14. The van der Waals surface area contributed by atoms with Crippen molar-refractivity contribution in [3.8, 4) is 11.5 Å². The number of aryl methyl sites for hydroxylation is 3. The Kier molecular flexibility index (Phi) is 4.47. The lowest BCUT2D eigenvalue weighted by molar-refractivity contribution is 0.0671. The maximum Gasteiger partial charge on any atom is 0.253 e. The molecule has 1 aliphatic rings. The molecular formula is C19H22N6O2. The number of rotatable bonds is 3. The molecule has 0 radical (unpaired) electrons. The highest BCUT2D eigenvalue weighted by Gasteiger charge is 2.27. The number of likely N-dealkylation sites (tertiary alicyclic amines) is 1. The Balaban J connectivity index is 1.51. The normalized spacial score (nSPS) is 17.3. The van der Waals surface area contributed by atoms with E-state index in [4.69, 9.17) is 4.52 Å². The Labute approximate surface area is 157 Å². The highest BCUT2D eigenvalue weighted by atomic mass is 16.5. The van der Waals surface area contributed by atoms with Crippen LogP contribution in [0.2, 0.25) is 0 Å². The molecule has 0 spiro atoms. The number of hydrogen-bond acceptors (Lipinski definition) is 6. The van der Waals surface area contributed by atoms with Crippen LogP contribution in [0.3, 0.4) is 0 Å². The average molecular weight is 366 g/mol. The van der Waals surface area contributed by atoms with Crippen LogP contribution in [0, 0.1) is 20.8 Å². The van der Waals surface area contributed by atoms with Gasteiger partial charge in [-0.25, -0.2) is 4.68 Å². The molecule has 0 saturated carbocycles. The molecule has 8 heteroatoms. The lowest BCUT2D eigenvalue weighted by atomic mass is 10.0. The molecule has 1 saturated heterocycles. The maximum absolute atomic E-state index is 13.0. The Hall–Kier alpha value is -3.03. The van der Waals surface area contributed by atoms with E-state index in [1.54, 1.807) is 6.92 Å². The van der Waals surface area contributed by atoms with Crippen molar-refractivity contribution in [1.82, 2.24) is 30.0 Å². The van der Waals surface area contributed by atoms with E-state index < -0.39 is 0 Å². The molecule has 1 aromatic carbocycles. The van der Waals surface area contributed by atoms with Gasteiger partial charge in [0, 0.05) is 25.6 Å². The SMILES string of the molecule is Cc1cc(C)cc(C(=O)N2CCC[C@H](n3cc(-c4noc(C)n4)nn3)C2)c1. The zero-order valence-corrected chi connectivity index (χ0v) is 15.7. The molecule has 0 aliphatic carbocycles. The van der Waals surface area contributed by atoms with Crippen molar-refractivity contribution < 1.29 is 9.32 Å². The van der Waals surface area contributed by atoms with Crippen molar-refractivity contribution >= 4 is 5.91 Å². The number of nitrogens with zero attached hydrogens (tertiary/aromatic N) is 6. The zero-order chi connectivity index (χ0) is 19.0. The van der Waals surface area contributed by atoms with E-state index in [2.05, 4.69) is 26.5 Å². The summed E-state index contributed by atoms with van der Waals surface area (Å²) in [7, 11) is 0. The van der Waals surface area contributed by atoms with Gasteiger partial charge in [-0.15, -0.1) is 5.10 Å². The second-order valence-electron chi connectivity index (χ2n) is 7.14. The molecule has 0 bridgehead atoms. The van der Waals surface area contributed by atoms with Gasteiger partial charge in [0.05, 0.1) is 12.2 Å². The van der Waals surface area contributed by atoms with Gasteiger partial charge in [-0.2, -0.15) is 4.98 Å². The Morgan fingerprint density at radius 1 is 1.19 bits per heavy atom. The molecule has 3 heterocycles. The molecule has 2 aromatic heterocycles. The van der Waals surface area contributed by atoms with Gasteiger partial charge in [0.25, 0.3) is 5.91 Å². The minimum Gasteiger partial charge on any atom is -0.339 e. The van der Waals surface area contributed by atoms with Gasteiger partial charge < -0.3 is 9.42 Å². The van der Waals surface area contributed by atoms with Crippen molar-refractivity contribution in [2.45, 2.75) is 39.7 Å². The van der Waals surface area contributed by atoms with Crippen LogP contribution in [0.15, 0.2) is 28.9 Å². The van der Waals surface area contributed by atoms with Crippen LogP contribution in [0.4, 0.5) is 0 Å². The van der Waals surface area contributed by atoms with Crippen LogP contribution in [-0.4, -0.2) is 49.0 Å². The molecule has 140 valence electrons. The van der Waals surface area contributed by atoms with Gasteiger partial charge in [0.2, 0.25) is 11.7 Å². The first-order chi connectivity index (χ1) is 13.0. The number of hydrogen-bond donors (Lipinski definition) is 0. The summed E-state index contributed by atoms with van der Waals surface area (Å²) in [6.45, 7) is 7.13. The molecule has 1 amide bonds. The molecule has 1 fully saturated rings. The molecule has 0 N–H and O–H groups in total. The third-order valence-electron chi connectivity index (χ3n) is 4.79. The first-order valence-electron chi connectivity index (χ1n) is 9.09. The van der Waals surface area contributed by atoms with Crippen LogP contribution in [0.1, 0.15) is 46.3 Å². The van der Waals surface area contributed by atoms with E-state index >= 15 is 0 Å². The molecule has 1 aliphatic heterocycles. The number of amides is 1. The molecule has 3 aromatic rings. The fourth-order valence-corrected chi connectivity index (χ4v) is 3.60. The lowest BCUT2D eigenvalue weighted by Gasteiger charge is -2.32. The smallest absolute Gasteiger partial charge is 0.253 e. The summed E-state index contributed by atoms with van der Waals surface area (Å²) in [4.78, 5) is 19.0. The van der Waals surface area contributed by atoms with Gasteiger partial charge in [0.1, 0.15) is 0 Å². The fraction of sp³-hybridized carbons (Fsp3) is 0.421. The van der Waals surface area contributed by atoms with Crippen molar-refractivity contribution in [2.24, 2.45) is 0 Å². The van der Waals surface area contributed by atoms with Crippen LogP contribution in [-0.2, 0) is 0 Å². The topological polar surface area (TPSA) is 89.9 Å². The predicted octanol–water partition coefficient (Wildman–Crippen LogP) is 2.73. The minimum atomic E-state index is 0.0700. The second kappa shape index (κ2) is 6.94. The van der Waals surface area contributed by atoms with E-state index in [-0.39, 0.29) is 11.9 Å². The lowest BCUT2D eigenvalue weighted by Crippen LogP contribution is -2.40. The van der Waals surface area contributed by atoms with Gasteiger partial charge in [-0.05, 0) is 38.8 Å². The summed E-state index contributed by atoms with van der Waals surface area (Å²) in [5.41, 5.74) is 3.52. The summed E-state index contributed by atoms with van der Waals surface area (Å²) in [6.07, 6.45) is 3.70. The van der Waals surface area contributed by atoms with Crippen molar-refractivity contribution in [3.05, 3.63) is 47.0 Å². The van der Waals surface area contributed by atoms with E-state index in [1.165, 1.54) is 0 Å². The number of aromatic nitrogens is 5. The van der Waals surface area contributed by atoms with Crippen LogP contribution in [0.5, 0.6) is 0 Å². The Morgan fingerprint density at radius 3 is 2.67 bits per heavy atom. The molecule has 27 heavy (non-hydrogen) atoms. The van der Waals surface area contributed by atoms with Crippen LogP contribution < -0.4 is 0 Å². The van der Waals surface area contributed by atoms with E-state index in [0.717, 1.165) is 36.1 Å². The summed E-state index contributed by atoms with van der Waals surface area (Å²) in [6, 6.07) is 6.06. The first-order valence-corrected chi connectivity index (χ1v) is 9.09. The highest BCUT2D eigenvalue weighted by Crippen LogP contribution is 2.24. The average Bonchev–Trinajstić information content (AvgIpc) is 3.29. The molecular weight excluding hydrogens is 344 g/mol. The van der Waals surface area contributed by atoms with E-state index in [0.29, 0.717) is 24.0 Å². The third kappa shape index (κ3) is 3.60. The predicted molar refractivity (Wildman–Crippen MR) is 98.1 cm³/mol. The molecule has 4 rings (SSSR count).